The normalized spacial score (nSPS) is 10.3. The first-order valence-electron chi connectivity index (χ1n) is 4.25. The highest BCUT2D eigenvalue weighted by molar-refractivity contribution is 6.58. The Hall–Kier alpha value is -2.68. The minimum Gasteiger partial charge on any atom is -0.476 e. The van der Waals surface area contributed by atoms with Crippen molar-refractivity contribution in [3.8, 4) is 6.07 Å². The number of nitriles is 1. The van der Waals surface area contributed by atoms with Crippen molar-refractivity contribution in [3.63, 3.8) is 0 Å². The Kier molecular flexibility index (Phi) is 3.75. The molecule has 6 heteroatoms. The zero-order valence-corrected chi connectivity index (χ0v) is 8.14. The van der Waals surface area contributed by atoms with Gasteiger partial charge in [0.15, 0.2) is 5.71 Å². The van der Waals surface area contributed by atoms with E-state index in [1.165, 1.54) is 0 Å². The summed E-state index contributed by atoms with van der Waals surface area (Å²) in [5, 5.41) is 27.4. The summed E-state index contributed by atoms with van der Waals surface area (Å²) in [5.74, 6) is -1.28. The number of hydrogen-bond acceptors (Lipinski definition) is 5. The molecule has 3 N–H and O–H groups in total. The van der Waals surface area contributed by atoms with E-state index < -0.39 is 11.7 Å². The Morgan fingerprint density at radius 1 is 1.50 bits per heavy atom. The van der Waals surface area contributed by atoms with Crippen LogP contribution in [0.2, 0.25) is 0 Å². The van der Waals surface area contributed by atoms with Crippen LogP contribution in [0.15, 0.2) is 29.4 Å². The lowest BCUT2D eigenvalue weighted by atomic mass is 10.2. The van der Waals surface area contributed by atoms with Gasteiger partial charge in [0.2, 0.25) is 0 Å². The average molecular weight is 216 g/mol. The second-order valence-corrected chi connectivity index (χ2v) is 2.75. The fraction of sp³-hybridized carbons (Fsp3) is 0. The first-order valence-corrected chi connectivity index (χ1v) is 4.25. The molecular formula is C10H8N4O2. The van der Waals surface area contributed by atoms with E-state index in [1.807, 2.05) is 6.07 Å². The van der Waals surface area contributed by atoms with Crippen molar-refractivity contribution in [1.82, 2.24) is 0 Å². The summed E-state index contributed by atoms with van der Waals surface area (Å²) in [5.41, 5.74) is 3.12. The molecule has 0 amide bonds. The van der Waals surface area contributed by atoms with Crippen molar-refractivity contribution < 1.29 is 9.90 Å². The van der Waals surface area contributed by atoms with Crippen LogP contribution in [0.4, 0.5) is 5.69 Å². The van der Waals surface area contributed by atoms with E-state index >= 15 is 0 Å². The maximum absolute atomic E-state index is 10.5. The van der Waals surface area contributed by atoms with Gasteiger partial charge >= 0.3 is 5.97 Å². The number of carbonyl (C=O) groups is 1. The molecular weight excluding hydrogens is 208 g/mol. The number of nitrogens with zero attached hydrogens (tertiary/aromatic N) is 2. The number of hydrogen-bond donors (Lipinski definition) is 3. The third kappa shape index (κ3) is 2.92. The largest absolute Gasteiger partial charge is 0.476 e. The molecule has 0 heterocycles. The molecule has 0 spiro atoms. The Morgan fingerprint density at radius 2 is 2.12 bits per heavy atom. The van der Waals surface area contributed by atoms with Gasteiger partial charge in [-0.1, -0.05) is 0 Å². The third-order valence-electron chi connectivity index (χ3n) is 1.68. The van der Waals surface area contributed by atoms with Crippen molar-refractivity contribution in [2.75, 3.05) is 5.43 Å². The number of anilines is 1. The van der Waals surface area contributed by atoms with Gasteiger partial charge in [-0.05, 0) is 24.3 Å². The molecule has 0 aliphatic heterocycles. The molecule has 0 aliphatic rings. The summed E-state index contributed by atoms with van der Waals surface area (Å²) in [7, 11) is 0. The number of carboxylic acid groups (broad SMARTS) is 1. The minimum absolute atomic E-state index is 0.399. The highest BCUT2D eigenvalue weighted by Gasteiger charge is 2.04. The zero-order chi connectivity index (χ0) is 12.0. The first-order chi connectivity index (χ1) is 7.67. The van der Waals surface area contributed by atoms with Gasteiger partial charge in [-0.2, -0.15) is 10.4 Å². The van der Waals surface area contributed by atoms with Crippen LogP contribution in [0.3, 0.4) is 0 Å². The molecule has 16 heavy (non-hydrogen) atoms. The van der Waals surface area contributed by atoms with Crippen molar-refractivity contribution in [3.05, 3.63) is 29.8 Å². The van der Waals surface area contributed by atoms with Crippen molar-refractivity contribution in [1.29, 1.82) is 10.7 Å². The van der Waals surface area contributed by atoms with Crippen LogP contribution in [-0.4, -0.2) is 23.0 Å². The Bertz CT molecular complexity index is 471. The predicted octanol–water partition coefficient (Wildman–Crippen LogP) is 1.06. The molecule has 0 aliphatic carbocycles. The molecule has 0 fully saturated rings. The Labute approximate surface area is 91.3 Å². The molecule has 0 unspecified atom stereocenters. The maximum Gasteiger partial charge on any atom is 0.357 e. The fourth-order valence-corrected chi connectivity index (χ4v) is 0.886. The first kappa shape index (κ1) is 11.4. The lowest BCUT2D eigenvalue weighted by Crippen LogP contribution is -2.15. The van der Waals surface area contributed by atoms with Gasteiger partial charge in [-0.3, -0.25) is 5.43 Å². The molecule has 0 atom stereocenters. The van der Waals surface area contributed by atoms with Crippen LogP contribution in [0, 0.1) is 16.7 Å². The summed E-state index contributed by atoms with van der Waals surface area (Å²) in [6.07, 6.45) is 0.638. The van der Waals surface area contributed by atoms with E-state index in [1.54, 1.807) is 24.3 Å². The van der Waals surface area contributed by atoms with Gasteiger partial charge in [0.1, 0.15) is 0 Å². The fourth-order valence-electron chi connectivity index (χ4n) is 0.886. The van der Waals surface area contributed by atoms with Crippen molar-refractivity contribution in [2.24, 2.45) is 5.10 Å². The molecule has 0 saturated heterocycles. The summed E-state index contributed by atoms with van der Waals surface area (Å²) in [6.45, 7) is 0. The summed E-state index contributed by atoms with van der Waals surface area (Å²) in [4.78, 5) is 10.5. The van der Waals surface area contributed by atoms with E-state index in [-0.39, 0.29) is 0 Å². The van der Waals surface area contributed by atoms with E-state index in [4.69, 9.17) is 15.8 Å². The Balaban J connectivity index is 2.78. The molecule has 0 aromatic heterocycles. The summed E-state index contributed by atoms with van der Waals surface area (Å²) in [6, 6.07) is 8.28. The molecule has 0 bridgehead atoms. The van der Waals surface area contributed by atoms with Gasteiger partial charge < -0.3 is 10.5 Å². The SMILES string of the molecule is N#Cc1ccc(N/N=C(\C=N)C(=O)O)cc1. The standard InChI is InChI=1S/C10H8N4O2/c11-5-7-1-3-8(4-2-7)13-14-9(6-12)10(15)16/h1-4,6,12-13H,(H,15,16)/b12-6?,14-9+. The lowest BCUT2D eigenvalue weighted by molar-refractivity contribution is -0.129. The number of carboxylic acids is 1. The monoisotopic (exact) mass is 216 g/mol. The maximum atomic E-state index is 10.5. The van der Waals surface area contributed by atoms with Crippen LogP contribution in [0.5, 0.6) is 0 Å². The third-order valence-corrected chi connectivity index (χ3v) is 1.68. The molecule has 0 radical (unpaired) electrons. The number of aliphatic carboxylic acids is 1. The van der Waals surface area contributed by atoms with Gasteiger partial charge in [0.25, 0.3) is 0 Å². The molecule has 1 rings (SSSR count). The second-order valence-electron chi connectivity index (χ2n) is 2.75. The van der Waals surface area contributed by atoms with Gasteiger partial charge in [0, 0.05) is 0 Å². The number of benzene rings is 1. The van der Waals surface area contributed by atoms with Crippen LogP contribution >= 0.6 is 0 Å². The van der Waals surface area contributed by atoms with E-state index in [9.17, 15) is 4.79 Å². The molecule has 0 saturated carbocycles. The van der Waals surface area contributed by atoms with Gasteiger partial charge in [-0.15, -0.1) is 0 Å². The highest BCUT2D eigenvalue weighted by Crippen LogP contribution is 2.08. The molecule has 80 valence electrons. The topological polar surface area (TPSA) is 109 Å². The highest BCUT2D eigenvalue weighted by atomic mass is 16.4. The summed E-state index contributed by atoms with van der Waals surface area (Å²) < 4.78 is 0. The van der Waals surface area contributed by atoms with E-state index in [0.717, 1.165) is 0 Å². The average Bonchev–Trinajstić information content (AvgIpc) is 2.30. The van der Waals surface area contributed by atoms with E-state index in [0.29, 0.717) is 17.5 Å². The zero-order valence-electron chi connectivity index (χ0n) is 8.14. The van der Waals surface area contributed by atoms with Crippen LogP contribution < -0.4 is 5.43 Å². The molecule has 1 aromatic rings. The second kappa shape index (κ2) is 5.26. The lowest BCUT2D eigenvalue weighted by Gasteiger charge is -2.00. The number of hydrazone groups is 1. The van der Waals surface area contributed by atoms with Crippen molar-refractivity contribution in [2.45, 2.75) is 0 Å². The predicted molar refractivity (Wildman–Crippen MR) is 58.6 cm³/mol. The minimum atomic E-state index is -1.28. The van der Waals surface area contributed by atoms with Crippen LogP contribution in [0.25, 0.3) is 0 Å². The summed E-state index contributed by atoms with van der Waals surface area (Å²) >= 11 is 0. The smallest absolute Gasteiger partial charge is 0.357 e. The van der Waals surface area contributed by atoms with Gasteiger partial charge in [-0.25, -0.2) is 4.79 Å². The van der Waals surface area contributed by atoms with Crippen molar-refractivity contribution >= 4 is 23.6 Å². The van der Waals surface area contributed by atoms with Crippen LogP contribution in [-0.2, 0) is 4.79 Å². The van der Waals surface area contributed by atoms with Crippen LogP contribution in [0.1, 0.15) is 5.56 Å². The number of nitrogens with one attached hydrogen (secondary N) is 2. The molecule has 6 nitrogen and oxygen atoms in total. The molecule has 1 aromatic carbocycles. The van der Waals surface area contributed by atoms with Gasteiger partial charge in [0.05, 0.1) is 23.5 Å². The quantitative estimate of drug-likeness (QED) is 0.516. The Morgan fingerprint density at radius 3 is 2.56 bits per heavy atom. The van der Waals surface area contributed by atoms with E-state index in [2.05, 4.69) is 10.5 Å². The number of rotatable bonds is 4.